The lowest BCUT2D eigenvalue weighted by atomic mass is 9.85. The van der Waals surface area contributed by atoms with Gasteiger partial charge in [-0.2, -0.15) is 0 Å². The molecule has 1 heteroatoms. The Morgan fingerprint density at radius 2 is 1.19 bits per heavy atom. The van der Waals surface area contributed by atoms with E-state index in [0.29, 0.717) is 0 Å². The summed E-state index contributed by atoms with van der Waals surface area (Å²) in [4.78, 5) is 0. The Bertz CT molecular complexity index is 1600. The zero-order valence-electron chi connectivity index (χ0n) is 19.9. The van der Waals surface area contributed by atoms with Crippen LogP contribution in [0.1, 0.15) is 40.2 Å². The standard InChI is InChI=1S/C35H25F/c36-29-20-17-26(18-21-29)24-11-9-23(10-12-24)25-13-15-28(16-14-25)34-31-7-3-4-8-32(31)35-30-6-2-1-5-27(30)19-22-33(34)35/h1,3-5,7-22,34H,2,6H2. The maximum absolute atomic E-state index is 13.3. The van der Waals surface area contributed by atoms with Crippen molar-refractivity contribution in [3.05, 3.63) is 149 Å². The van der Waals surface area contributed by atoms with E-state index in [4.69, 9.17) is 0 Å². The molecule has 5 aromatic carbocycles. The number of hydrogen-bond donors (Lipinski definition) is 0. The molecule has 0 spiro atoms. The highest BCUT2D eigenvalue weighted by Crippen LogP contribution is 2.50. The van der Waals surface area contributed by atoms with Crippen LogP contribution in [0.2, 0.25) is 0 Å². The number of rotatable bonds is 3. The molecule has 0 aromatic heterocycles. The van der Waals surface area contributed by atoms with Crippen molar-refractivity contribution in [1.29, 1.82) is 0 Å². The van der Waals surface area contributed by atoms with E-state index >= 15 is 0 Å². The third-order valence-corrected chi connectivity index (χ3v) is 7.73. The summed E-state index contributed by atoms with van der Waals surface area (Å²) in [5, 5.41) is 0. The molecule has 0 heterocycles. The van der Waals surface area contributed by atoms with E-state index in [9.17, 15) is 4.39 Å². The van der Waals surface area contributed by atoms with Crippen LogP contribution in [0.3, 0.4) is 0 Å². The van der Waals surface area contributed by atoms with Crippen LogP contribution in [0.25, 0.3) is 39.5 Å². The predicted octanol–water partition coefficient (Wildman–Crippen LogP) is 9.28. The summed E-state index contributed by atoms with van der Waals surface area (Å²) < 4.78 is 13.3. The molecule has 36 heavy (non-hydrogen) atoms. The number of benzene rings is 5. The van der Waals surface area contributed by atoms with Gasteiger partial charge in [-0.25, -0.2) is 4.39 Å². The zero-order valence-corrected chi connectivity index (χ0v) is 19.9. The minimum Gasteiger partial charge on any atom is -0.207 e. The van der Waals surface area contributed by atoms with Crippen LogP contribution in [0, 0.1) is 5.82 Å². The summed E-state index contributed by atoms with van der Waals surface area (Å²) in [6, 6.07) is 37.8. The molecule has 0 radical (unpaired) electrons. The number of hydrogen-bond acceptors (Lipinski definition) is 0. The molecular formula is C35H25F. The van der Waals surface area contributed by atoms with E-state index in [1.807, 2.05) is 12.1 Å². The van der Waals surface area contributed by atoms with Gasteiger partial charge in [0.2, 0.25) is 0 Å². The van der Waals surface area contributed by atoms with E-state index < -0.39 is 0 Å². The van der Waals surface area contributed by atoms with Gasteiger partial charge < -0.3 is 0 Å². The highest BCUT2D eigenvalue weighted by atomic mass is 19.1. The fourth-order valence-corrected chi connectivity index (χ4v) is 5.97. The van der Waals surface area contributed by atoms with Crippen molar-refractivity contribution in [3.8, 4) is 33.4 Å². The van der Waals surface area contributed by atoms with Crippen molar-refractivity contribution in [1.82, 2.24) is 0 Å². The van der Waals surface area contributed by atoms with E-state index in [0.717, 1.165) is 24.0 Å². The van der Waals surface area contributed by atoms with Crippen molar-refractivity contribution >= 4 is 6.08 Å². The molecule has 0 N–H and O–H groups in total. The highest BCUT2D eigenvalue weighted by Gasteiger charge is 2.32. The zero-order chi connectivity index (χ0) is 24.1. The molecule has 0 amide bonds. The fraction of sp³-hybridized carbons (Fsp3) is 0.0857. The van der Waals surface area contributed by atoms with E-state index in [2.05, 4.69) is 97.1 Å². The molecule has 1 atom stereocenters. The van der Waals surface area contributed by atoms with Crippen molar-refractivity contribution in [2.45, 2.75) is 18.8 Å². The SMILES string of the molecule is Fc1ccc(-c2ccc(-c3ccc(C4c5ccccc5-c5c4ccc4c5CCC=C4)cc3)cc2)cc1. The van der Waals surface area contributed by atoms with Gasteiger partial charge >= 0.3 is 0 Å². The molecule has 0 saturated heterocycles. The van der Waals surface area contributed by atoms with Crippen molar-refractivity contribution < 1.29 is 4.39 Å². The second-order valence-electron chi connectivity index (χ2n) is 9.77. The average Bonchev–Trinajstić information content (AvgIpc) is 3.29. The van der Waals surface area contributed by atoms with Gasteiger partial charge in [-0.05, 0) is 86.2 Å². The summed E-state index contributed by atoms with van der Waals surface area (Å²) in [6.45, 7) is 0. The topological polar surface area (TPSA) is 0 Å². The number of halogens is 1. The van der Waals surface area contributed by atoms with Crippen LogP contribution in [-0.2, 0) is 6.42 Å². The second-order valence-corrected chi connectivity index (χ2v) is 9.77. The van der Waals surface area contributed by atoms with Crippen LogP contribution in [0.5, 0.6) is 0 Å². The summed E-state index contributed by atoms with van der Waals surface area (Å²) in [7, 11) is 0. The van der Waals surface area contributed by atoms with Gasteiger partial charge in [-0.3, -0.25) is 0 Å². The lowest BCUT2D eigenvalue weighted by Crippen LogP contribution is -2.01. The molecule has 0 saturated carbocycles. The van der Waals surface area contributed by atoms with Crippen LogP contribution >= 0.6 is 0 Å². The molecule has 0 fully saturated rings. The molecule has 172 valence electrons. The Morgan fingerprint density at radius 1 is 0.583 bits per heavy atom. The van der Waals surface area contributed by atoms with Gasteiger partial charge in [0.15, 0.2) is 0 Å². The molecule has 1 unspecified atom stereocenters. The van der Waals surface area contributed by atoms with Crippen LogP contribution in [-0.4, -0.2) is 0 Å². The minimum atomic E-state index is -0.209. The van der Waals surface area contributed by atoms with Gasteiger partial charge in [0.05, 0.1) is 0 Å². The van der Waals surface area contributed by atoms with E-state index in [-0.39, 0.29) is 11.7 Å². The Hall–Kier alpha value is -4.23. The summed E-state index contributed by atoms with van der Waals surface area (Å²) in [5.41, 5.74) is 14.4. The van der Waals surface area contributed by atoms with Crippen molar-refractivity contribution in [2.24, 2.45) is 0 Å². The van der Waals surface area contributed by atoms with Crippen LogP contribution in [0.4, 0.5) is 4.39 Å². The fourth-order valence-electron chi connectivity index (χ4n) is 5.97. The quantitative estimate of drug-likeness (QED) is 0.245. The summed E-state index contributed by atoms with van der Waals surface area (Å²) >= 11 is 0. The predicted molar refractivity (Wildman–Crippen MR) is 147 cm³/mol. The molecule has 2 aliphatic carbocycles. The van der Waals surface area contributed by atoms with Crippen LogP contribution < -0.4 is 0 Å². The largest absolute Gasteiger partial charge is 0.207 e. The third-order valence-electron chi connectivity index (χ3n) is 7.73. The third kappa shape index (κ3) is 3.43. The summed E-state index contributed by atoms with van der Waals surface area (Å²) in [6.07, 6.45) is 6.80. The molecule has 0 bridgehead atoms. The average molecular weight is 465 g/mol. The lowest BCUT2D eigenvalue weighted by molar-refractivity contribution is 0.628. The Labute approximate surface area is 211 Å². The van der Waals surface area contributed by atoms with Gasteiger partial charge in [0.25, 0.3) is 0 Å². The second kappa shape index (κ2) is 8.46. The first-order valence-electron chi connectivity index (χ1n) is 12.6. The minimum absolute atomic E-state index is 0.209. The molecule has 0 nitrogen and oxygen atoms in total. The molecule has 7 rings (SSSR count). The maximum atomic E-state index is 13.3. The van der Waals surface area contributed by atoms with Crippen LogP contribution in [0.15, 0.2) is 115 Å². The molecular weight excluding hydrogens is 439 g/mol. The van der Waals surface area contributed by atoms with E-state index in [1.165, 1.54) is 62.2 Å². The molecule has 2 aliphatic rings. The Morgan fingerprint density at radius 3 is 1.89 bits per heavy atom. The Kier molecular flexibility index (Phi) is 4.96. The van der Waals surface area contributed by atoms with Gasteiger partial charge in [0, 0.05) is 5.92 Å². The van der Waals surface area contributed by atoms with Gasteiger partial charge in [0.1, 0.15) is 5.82 Å². The first-order chi connectivity index (χ1) is 17.8. The number of fused-ring (bicyclic) bond motifs is 5. The first-order valence-corrected chi connectivity index (χ1v) is 12.6. The molecule has 0 aliphatic heterocycles. The molecule has 5 aromatic rings. The monoisotopic (exact) mass is 464 g/mol. The van der Waals surface area contributed by atoms with Crippen molar-refractivity contribution in [3.63, 3.8) is 0 Å². The van der Waals surface area contributed by atoms with Gasteiger partial charge in [-0.15, -0.1) is 0 Å². The Balaban J connectivity index is 1.24. The number of allylic oxidation sites excluding steroid dienone is 1. The highest BCUT2D eigenvalue weighted by molar-refractivity contribution is 5.86. The smallest absolute Gasteiger partial charge is 0.123 e. The normalized spacial score (nSPS) is 15.3. The van der Waals surface area contributed by atoms with Gasteiger partial charge in [-0.1, -0.05) is 109 Å². The maximum Gasteiger partial charge on any atom is 0.123 e. The lowest BCUT2D eigenvalue weighted by Gasteiger charge is -2.18. The van der Waals surface area contributed by atoms with E-state index in [1.54, 1.807) is 0 Å². The first kappa shape index (κ1) is 21.1. The summed E-state index contributed by atoms with van der Waals surface area (Å²) in [5.74, 6) is 0.0574. The van der Waals surface area contributed by atoms with Crippen molar-refractivity contribution in [2.75, 3.05) is 0 Å².